The van der Waals surface area contributed by atoms with E-state index in [0.29, 0.717) is 38.5 Å². The molecule has 0 radical (unpaired) electrons. The molecule has 0 bridgehead atoms. The van der Waals surface area contributed by atoms with Crippen molar-refractivity contribution < 1.29 is 13.2 Å². The Kier molecular flexibility index (Phi) is 7.16. The first-order valence-electron chi connectivity index (χ1n) is 9.95. The summed E-state index contributed by atoms with van der Waals surface area (Å²) in [5.41, 5.74) is 5.20. The van der Waals surface area contributed by atoms with Crippen molar-refractivity contribution in [2.45, 2.75) is 23.4 Å². The van der Waals surface area contributed by atoms with Gasteiger partial charge >= 0.3 is 0 Å². The maximum absolute atomic E-state index is 13.3. The van der Waals surface area contributed by atoms with Crippen LogP contribution in [0.5, 0.6) is 5.75 Å². The Labute approximate surface area is 207 Å². The van der Waals surface area contributed by atoms with Crippen LogP contribution in [0.1, 0.15) is 29.6 Å². The number of hydrogen-bond donors (Lipinski definition) is 2. The number of hydrazone groups is 1. The Morgan fingerprint density at radius 2 is 1.76 bits per heavy atom. The van der Waals surface area contributed by atoms with Crippen molar-refractivity contribution in [2.24, 2.45) is 5.10 Å². The molecule has 3 aromatic rings. The van der Waals surface area contributed by atoms with E-state index in [2.05, 4.69) is 15.2 Å². The highest BCUT2D eigenvalue weighted by atomic mass is 35.5. The summed E-state index contributed by atoms with van der Waals surface area (Å²) in [6.45, 7) is 0. The van der Waals surface area contributed by atoms with E-state index in [1.165, 1.54) is 19.2 Å². The van der Waals surface area contributed by atoms with Gasteiger partial charge in [0.05, 0.1) is 29.8 Å². The van der Waals surface area contributed by atoms with E-state index in [1.54, 1.807) is 42.5 Å². The van der Waals surface area contributed by atoms with Gasteiger partial charge < -0.3 is 10.2 Å². The Hall–Kier alpha value is -2.29. The van der Waals surface area contributed by atoms with Crippen molar-refractivity contribution in [3.63, 3.8) is 0 Å². The van der Waals surface area contributed by atoms with Gasteiger partial charge in [0, 0.05) is 27.6 Å². The predicted octanol–water partition coefficient (Wildman–Crippen LogP) is 5.77. The van der Waals surface area contributed by atoms with Crippen molar-refractivity contribution in [3.05, 3.63) is 92.9 Å². The van der Waals surface area contributed by atoms with Gasteiger partial charge in [-0.15, -0.1) is 0 Å². The first-order valence-corrected chi connectivity index (χ1v) is 12.6. The normalized spacial score (nSPS) is 16.7. The minimum absolute atomic E-state index is 0.0674. The van der Waals surface area contributed by atoms with Crippen LogP contribution in [0.2, 0.25) is 15.1 Å². The maximum Gasteiger partial charge on any atom is 0.241 e. The third-order valence-electron chi connectivity index (χ3n) is 5.28. The van der Waals surface area contributed by atoms with Gasteiger partial charge in [0.25, 0.3) is 0 Å². The fourth-order valence-electron chi connectivity index (χ4n) is 3.57. The molecule has 2 unspecified atom stereocenters. The summed E-state index contributed by atoms with van der Waals surface area (Å²) in [5.74, 6) is 0.432. The number of ether oxygens (including phenoxy) is 1. The number of halogens is 3. The minimum Gasteiger partial charge on any atom is -0.497 e. The Bertz CT molecular complexity index is 1300. The molecule has 4 rings (SSSR count). The lowest BCUT2D eigenvalue weighted by Gasteiger charge is -2.21. The molecule has 2 N–H and O–H groups in total. The Balaban J connectivity index is 1.68. The van der Waals surface area contributed by atoms with Crippen LogP contribution in [0, 0.1) is 0 Å². The Morgan fingerprint density at radius 3 is 2.45 bits per heavy atom. The molecular weight excluding hydrogens is 505 g/mol. The zero-order chi connectivity index (χ0) is 23.6. The molecule has 0 spiro atoms. The third-order valence-corrected chi connectivity index (χ3v) is 7.52. The zero-order valence-corrected chi connectivity index (χ0v) is 20.5. The number of nitrogens with one attached hydrogen (secondary N) is 2. The van der Waals surface area contributed by atoms with Gasteiger partial charge in [-0.3, -0.25) is 0 Å². The van der Waals surface area contributed by atoms with Crippen LogP contribution in [-0.2, 0) is 10.0 Å². The number of rotatable bonds is 7. The van der Waals surface area contributed by atoms with Crippen LogP contribution in [0.15, 0.2) is 76.7 Å². The average molecular weight is 525 g/mol. The third kappa shape index (κ3) is 5.45. The number of benzene rings is 3. The summed E-state index contributed by atoms with van der Waals surface area (Å²) >= 11 is 18.5. The second-order valence-electron chi connectivity index (χ2n) is 7.44. The van der Waals surface area contributed by atoms with E-state index >= 15 is 0 Å². The van der Waals surface area contributed by atoms with E-state index in [9.17, 15) is 8.42 Å². The van der Waals surface area contributed by atoms with E-state index in [0.717, 1.165) is 5.56 Å². The fraction of sp³-hybridized carbons (Fsp3) is 0.174. The topological polar surface area (TPSA) is 79.8 Å². The maximum atomic E-state index is 13.3. The van der Waals surface area contributed by atoms with Gasteiger partial charge in [0.15, 0.2) is 0 Å². The molecule has 1 heterocycles. The second kappa shape index (κ2) is 9.91. The molecule has 0 aliphatic carbocycles. The zero-order valence-electron chi connectivity index (χ0n) is 17.4. The monoisotopic (exact) mass is 523 g/mol. The molecule has 0 aromatic heterocycles. The van der Waals surface area contributed by atoms with Crippen LogP contribution in [0.3, 0.4) is 0 Å². The molecule has 33 heavy (non-hydrogen) atoms. The summed E-state index contributed by atoms with van der Waals surface area (Å²) in [7, 11) is -2.46. The van der Waals surface area contributed by atoms with Crippen LogP contribution in [-0.4, -0.2) is 21.2 Å². The lowest BCUT2D eigenvalue weighted by molar-refractivity contribution is 0.413. The molecule has 0 saturated carbocycles. The van der Waals surface area contributed by atoms with Crippen LogP contribution in [0.4, 0.5) is 0 Å². The highest BCUT2D eigenvalue weighted by Gasteiger charge is 2.32. The van der Waals surface area contributed by atoms with Gasteiger partial charge in [0.2, 0.25) is 10.0 Å². The smallest absolute Gasteiger partial charge is 0.241 e. The van der Waals surface area contributed by atoms with Crippen molar-refractivity contribution >= 4 is 50.5 Å². The summed E-state index contributed by atoms with van der Waals surface area (Å²) in [6, 6.07) is 17.6. The molecule has 1 aliphatic rings. The quantitative estimate of drug-likeness (QED) is 0.411. The van der Waals surface area contributed by atoms with Crippen molar-refractivity contribution in [2.75, 3.05) is 7.11 Å². The van der Waals surface area contributed by atoms with Crippen molar-refractivity contribution in [1.82, 2.24) is 10.1 Å². The lowest BCUT2D eigenvalue weighted by atomic mass is 9.96. The standard InChI is InChI=1S/C23H20Cl3N3O3S/c1-32-17-3-2-4-18(12-17)33(30,31)29-23(19-10-9-16(25)11-20(19)26)22-13-21(27-28-22)14-5-7-15(24)8-6-14/h2-12,21,23,27,29H,13H2,1H3. The molecule has 0 fully saturated rings. The van der Waals surface area contributed by atoms with Crippen molar-refractivity contribution in [3.8, 4) is 5.75 Å². The van der Waals surface area contributed by atoms with E-state index < -0.39 is 16.1 Å². The van der Waals surface area contributed by atoms with Gasteiger partial charge in [-0.25, -0.2) is 8.42 Å². The first kappa shape index (κ1) is 23.9. The van der Waals surface area contributed by atoms with E-state index in [1.807, 2.05) is 12.1 Å². The fourth-order valence-corrected chi connectivity index (χ4v) is 5.45. The molecule has 6 nitrogen and oxygen atoms in total. The molecule has 1 aliphatic heterocycles. The largest absolute Gasteiger partial charge is 0.497 e. The molecular formula is C23H20Cl3N3O3S. The molecule has 10 heteroatoms. The second-order valence-corrected chi connectivity index (χ2v) is 10.4. The first-order chi connectivity index (χ1) is 15.8. The van der Waals surface area contributed by atoms with Gasteiger partial charge in [0.1, 0.15) is 5.75 Å². The van der Waals surface area contributed by atoms with E-state index in [-0.39, 0.29) is 10.9 Å². The van der Waals surface area contributed by atoms with Crippen molar-refractivity contribution in [1.29, 1.82) is 0 Å². The SMILES string of the molecule is COc1cccc(S(=O)(=O)NC(C2=NNC(c3ccc(Cl)cc3)C2)c2ccc(Cl)cc2Cl)c1. The predicted molar refractivity (Wildman–Crippen MR) is 132 cm³/mol. The van der Waals surface area contributed by atoms with E-state index in [4.69, 9.17) is 39.5 Å². The summed E-state index contributed by atoms with van der Waals surface area (Å²) in [4.78, 5) is 0.0674. The highest BCUT2D eigenvalue weighted by Crippen LogP contribution is 2.33. The van der Waals surface area contributed by atoms with Crippen LogP contribution < -0.4 is 14.9 Å². The summed E-state index contributed by atoms with van der Waals surface area (Å²) in [6.07, 6.45) is 0.464. The number of nitrogens with zero attached hydrogens (tertiary/aromatic N) is 1. The molecule has 3 aromatic carbocycles. The molecule has 0 saturated heterocycles. The summed E-state index contributed by atoms with van der Waals surface area (Å²) < 4.78 is 34.5. The molecule has 0 amide bonds. The van der Waals surface area contributed by atoms with Gasteiger partial charge in [-0.05, 0) is 47.5 Å². The number of hydrogen-bond acceptors (Lipinski definition) is 5. The van der Waals surface area contributed by atoms with Crippen LogP contribution in [0.25, 0.3) is 0 Å². The number of sulfonamides is 1. The number of methoxy groups -OCH3 is 1. The Morgan fingerprint density at radius 1 is 1.03 bits per heavy atom. The van der Waals surface area contributed by atoms with Gasteiger partial charge in [-0.1, -0.05) is 59.1 Å². The lowest BCUT2D eigenvalue weighted by Crippen LogP contribution is -2.33. The average Bonchev–Trinajstić information content (AvgIpc) is 3.28. The minimum atomic E-state index is -3.94. The molecule has 172 valence electrons. The van der Waals surface area contributed by atoms with Gasteiger partial charge in [-0.2, -0.15) is 9.82 Å². The summed E-state index contributed by atoms with van der Waals surface area (Å²) in [5, 5.41) is 5.87. The molecule has 2 atom stereocenters. The highest BCUT2D eigenvalue weighted by molar-refractivity contribution is 7.89. The van der Waals surface area contributed by atoms with Crippen LogP contribution >= 0.6 is 34.8 Å².